The van der Waals surface area contributed by atoms with E-state index < -0.39 is 6.04 Å². The van der Waals surface area contributed by atoms with Crippen molar-refractivity contribution in [3.8, 4) is 0 Å². The van der Waals surface area contributed by atoms with Gasteiger partial charge in [0.2, 0.25) is 5.91 Å². The highest BCUT2D eigenvalue weighted by molar-refractivity contribution is 6.31. The van der Waals surface area contributed by atoms with Crippen molar-refractivity contribution in [3.05, 3.63) is 70.2 Å². The van der Waals surface area contributed by atoms with Gasteiger partial charge in [0.15, 0.2) is 0 Å². The van der Waals surface area contributed by atoms with Gasteiger partial charge in [-0.1, -0.05) is 61.8 Å². The van der Waals surface area contributed by atoms with Crippen molar-refractivity contribution in [2.45, 2.75) is 33.0 Å². The molecule has 0 unspecified atom stereocenters. The molecule has 0 bridgehead atoms. The molecule has 2 amide bonds. The van der Waals surface area contributed by atoms with Crippen molar-refractivity contribution >= 4 is 23.4 Å². The fraction of sp³-hybridized carbons (Fsp3) is 0.300. The maximum atomic E-state index is 12.8. The van der Waals surface area contributed by atoms with Crippen LogP contribution in [-0.4, -0.2) is 22.8 Å². The lowest BCUT2D eigenvalue weighted by atomic mass is 10.0. The van der Waals surface area contributed by atoms with Crippen LogP contribution in [0.15, 0.2) is 48.5 Å². The zero-order valence-corrected chi connectivity index (χ0v) is 15.1. The molecule has 0 fully saturated rings. The normalized spacial score (nSPS) is 14.6. The van der Waals surface area contributed by atoms with E-state index >= 15 is 0 Å². The number of nitrogens with one attached hydrogen (secondary N) is 1. The molecule has 25 heavy (non-hydrogen) atoms. The van der Waals surface area contributed by atoms with Gasteiger partial charge in [-0.2, -0.15) is 0 Å². The molecule has 0 radical (unpaired) electrons. The zero-order chi connectivity index (χ0) is 18.0. The van der Waals surface area contributed by atoms with Crippen molar-refractivity contribution in [3.63, 3.8) is 0 Å². The number of amides is 2. The summed E-state index contributed by atoms with van der Waals surface area (Å²) < 4.78 is 0. The molecule has 2 aromatic rings. The summed E-state index contributed by atoms with van der Waals surface area (Å²) in [5.74, 6) is -0.234. The van der Waals surface area contributed by atoms with Gasteiger partial charge in [-0.3, -0.25) is 9.59 Å². The molecule has 1 N–H and O–H groups in total. The lowest BCUT2D eigenvalue weighted by Gasteiger charge is -2.30. The van der Waals surface area contributed by atoms with Crippen LogP contribution < -0.4 is 5.32 Å². The van der Waals surface area contributed by atoms with E-state index in [0.29, 0.717) is 23.7 Å². The smallest absolute Gasteiger partial charge is 0.255 e. The molecule has 0 spiro atoms. The molecule has 4 nitrogen and oxygen atoms in total. The first-order valence-corrected chi connectivity index (χ1v) is 8.77. The van der Waals surface area contributed by atoms with Crippen LogP contribution in [0.25, 0.3) is 0 Å². The average Bonchev–Trinajstić information content (AvgIpc) is 2.91. The van der Waals surface area contributed by atoms with Crippen molar-refractivity contribution in [2.24, 2.45) is 5.92 Å². The molecule has 5 heteroatoms. The highest BCUT2D eigenvalue weighted by Gasteiger charge is 2.37. The van der Waals surface area contributed by atoms with E-state index in [2.05, 4.69) is 5.32 Å². The lowest BCUT2D eigenvalue weighted by Crippen LogP contribution is -2.49. The van der Waals surface area contributed by atoms with E-state index in [1.54, 1.807) is 11.0 Å². The van der Waals surface area contributed by atoms with Crippen molar-refractivity contribution in [1.29, 1.82) is 0 Å². The van der Waals surface area contributed by atoms with Gasteiger partial charge in [-0.25, -0.2) is 0 Å². The van der Waals surface area contributed by atoms with Gasteiger partial charge in [0.1, 0.15) is 6.04 Å². The van der Waals surface area contributed by atoms with E-state index in [1.165, 1.54) is 0 Å². The van der Waals surface area contributed by atoms with Crippen LogP contribution in [0.2, 0.25) is 5.02 Å². The van der Waals surface area contributed by atoms with Gasteiger partial charge in [0.05, 0.1) is 0 Å². The first-order chi connectivity index (χ1) is 12.0. The summed E-state index contributed by atoms with van der Waals surface area (Å²) in [5.41, 5.74) is 2.51. The first-order valence-electron chi connectivity index (χ1n) is 8.39. The highest BCUT2D eigenvalue weighted by atomic mass is 35.5. The maximum absolute atomic E-state index is 12.8. The molecular weight excluding hydrogens is 336 g/mol. The number of hydrogen-bond donors (Lipinski definition) is 1. The molecule has 130 valence electrons. The Balaban J connectivity index is 1.75. The molecule has 3 rings (SSSR count). The van der Waals surface area contributed by atoms with Crippen LogP contribution in [0.1, 0.15) is 35.3 Å². The third-order valence-electron chi connectivity index (χ3n) is 4.50. The Hall–Kier alpha value is -2.33. The van der Waals surface area contributed by atoms with Gasteiger partial charge >= 0.3 is 0 Å². The van der Waals surface area contributed by atoms with Crippen molar-refractivity contribution in [2.75, 3.05) is 0 Å². The molecule has 1 atom stereocenters. The topological polar surface area (TPSA) is 49.4 Å². The summed E-state index contributed by atoms with van der Waals surface area (Å²) in [6.07, 6.45) is 0. The van der Waals surface area contributed by atoms with Crippen LogP contribution in [-0.2, 0) is 17.9 Å². The second kappa shape index (κ2) is 7.28. The quantitative estimate of drug-likeness (QED) is 0.889. The van der Waals surface area contributed by atoms with Crippen LogP contribution in [0.4, 0.5) is 0 Å². The summed E-state index contributed by atoms with van der Waals surface area (Å²) in [5, 5.41) is 3.55. The minimum Gasteiger partial charge on any atom is -0.350 e. The molecule has 1 heterocycles. The molecule has 2 aromatic carbocycles. The van der Waals surface area contributed by atoms with Crippen LogP contribution in [0.5, 0.6) is 0 Å². The second-order valence-electron chi connectivity index (χ2n) is 6.59. The largest absolute Gasteiger partial charge is 0.350 e. The van der Waals surface area contributed by atoms with Gasteiger partial charge in [-0.15, -0.1) is 0 Å². The van der Waals surface area contributed by atoms with E-state index in [4.69, 9.17) is 11.6 Å². The van der Waals surface area contributed by atoms with Gasteiger partial charge < -0.3 is 10.2 Å². The predicted molar refractivity (Wildman–Crippen MR) is 98.2 cm³/mol. The van der Waals surface area contributed by atoms with E-state index in [1.807, 2.05) is 56.3 Å². The highest BCUT2D eigenvalue weighted by Crippen LogP contribution is 2.27. The number of nitrogens with zero attached hydrogens (tertiary/aromatic N) is 1. The maximum Gasteiger partial charge on any atom is 0.255 e. The standard InChI is InChI=1S/C20H21ClN2O2/c1-13(2)18(19(24)22-11-14-7-4-6-10-17(14)21)23-12-15-8-3-5-9-16(15)20(23)25/h3-10,13,18H,11-12H2,1-2H3,(H,22,24)/t18-/m1/s1. The number of carbonyl (C=O) groups excluding carboxylic acids is 2. The number of benzene rings is 2. The lowest BCUT2D eigenvalue weighted by molar-refractivity contribution is -0.127. The molecule has 1 aliphatic rings. The number of rotatable bonds is 5. The number of fused-ring (bicyclic) bond motifs is 1. The monoisotopic (exact) mass is 356 g/mol. The number of halogens is 1. The minimum atomic E-state index is -0.512. The molecule has 1 aliphatic heterocycles. The van der Waals surface area contributed by atoms with Crippen LogP contribution in [0.3, 0.4) is 0 Å². The summed E-state index contributed by atoms with van der Waals surface area (Å²) in [6, 6.07) is 14.4. The fourth-order valence-electron chi connectivity index (χ4n) is 3.23. The van der Waals surface area contributed by atoms with Gasteiger partial charge in [0, 0.05) is 23.7 Å². The van der Waals surface area contributed by atoms with E-state index in [9.17, 15) is 9.59 Å². The summed E-state index contributed by atoms with van der Waals surface area (Å²) >= 11 is 6.15. The minimum absolute atomic E-state index is 0.00417. The van der Waals surface area contributed by atoms with Gasteiger partial charge in [0.25, 0.3) is 5.91 Å². The zero-order valence-electron chi connectivity index (χ0n) is 14.3. The number of carbonyl (C=O) groups is 2. The first kappa shape index (κ1) is 17.5. The molecule has 0 saturated heterocycles. The third kappa shape index (κ3) is 3.54. The third-order valence-corrected chi connectivity index (χ3v) is 4.86. The SMILES string of the molecule is CC(C)[C@H](C(=O)NCc1ccccc1Cl)N1Cc2ccccc2C1=O. The molecule has 0 saturated carbocycles. The second-order valence-corrected chi connectivity index (χ2v) is 7.00. The Morgan fingerprint density at radius 1 is 1.16 bits per heavy atom. The summed E-state index contributed by atoms with van der Waals surface area (Å²) in [7, 11) is 0. The Bertz CT molecular complexity index is 804. The molecule has 0 aromatic heterocycles. The van der Waals surface area contributed by atoms with E-state index in [0.717, 1.165) is 11.1 Å². The number of hydrogen-bond acceptors (Lipinski definition) is 2. The average molecular weight is 357 g/mol. The molecular formula is C20H21ClN2O2. The van der Waals surface area contributed by atoms with Gasteiger partial charge in [-0.05, 0) is 29.2 Å². The predicted octanol–water partition coefficient (Wildman–Crippen LogP) is 3.64. The van der Waals surface area contributed by atoms with E-state index in [-0.39, 0.29) is 17.7 Å². The Morgan fingerprint density at radius 3 is 2.52 bits per heavy atom. The Morgan fingerprint density at radius 2 is 1.84 bits per heavy atom. The van der Waals surface area contributed by atoms with Crippen molar-refractivity contribution in [1.82, 2.24) is 10.2 Å². The fourth-order valence-corrected chi connectivity index (χ4v) is 3.44. The van der Waals surface area contributed by atoms with Crippen LogP contribution >= 0.6 is 11.6 Å². The molecule has 0 aliphatic carbocycles. The summed E-state index contributed by atoms with van der Waals surface area (Å²) in [6.45, 7) is 4.72. The van der Waals surface area contributed by atoms with Crippen LogP contribution in [0, 0.1) is 5.92 Å². The Labute approximate surface area is 152 Å². The summed E-state index contributed by atoms with van der Waals surface area (Å²) in [4.78, 5) is 27.2. The Kier molecular flexibility index (Phi) is 5.09. The van der Waals surface area contributed by atoms with Crippen molar-refractivity contribution < 1.29 is 9.59 Å².